The van der Waals surface area contributed by atoms with Crippen LogP contribution in [-0.4, -0.2) is 30.4 Å². The normalized spacial score (nSPS) is 11.7. The summed E-state index contributed by atoms with van der Waals surface area (Å²) in [6.07, 6.45) is -0.630. The number of nitrogens with one attached hydrogen (secondary N) is 2. The second kappa shape index (κ2) is 8.33. The third-order valence-corrected chi connectivity index (χ3v) is 2.78. The molecule has 0 aromatic heterocycles. The highest BCUT2D eigenvalue weighted by Gasteiger charge is 2.16. The maximum Gasteiger partial charge on any atom is 0.428 e. The van der Waals surface area contributed by atoms with E-state index in [-0.39, 0.29) is 12.3 Å². The van der Waals surface area contributed by atoms with E-state index in [9.17, 15) is 9.59 Å². The molecule has 24 heavy (non-hydrogen) atoms. The lowest BCUT2D eigenvalue weighted by atomic mass is 10.2. The Morgan fingerprint density at radius 2 is 1.92 bits per heavy atom. The van der Waals surface area contributed by atoms with Crippen LogP contribution in [0.5, 0.6) is 5.75 Å². The molecule has 0 bridgehead atoms. The first-order valence-electron chi connectivity index (χ1n) is 7.57. The molecule has 1 aromatic carbocycles. The van der Waals surface area contributed by atoms with Crippen molar-refractivity contribution in [2.45, 2.75) is 46.6 Å². The van der Waals surface area contributed by atoms with Crippen molar-refractivity contribution in [1.29, 1.82) is 0 Å². The van der Waals surface area contributed by atoms with Crippen molar-refractivity contribution in [2.24, 2.45) is 5.10 Å². The summed E-state index contributed by atoms with van der Waals surface area (Å²) in [7, 11) is 1.54. The summed E-state index contributed by atoms with van der Waals surface area (Å²) in [5.74, 6) is 0.321. The molecule has 0 heterocycles. The molecular formula is C17H25N3O4. The number of rotatable bonds is 5. The average molecular weight is 335 g/mol. The molecule has 7 heteroatoms. The molecule has 2 N–H and O–H groups in total. The van der Waals surface area contributed by atoms with Crippen molar-refractivity contribution in [3.05, 3.63) is 23.8 Å². The molecule has 2 amide bonds. The van der Waals surface area contributed by atoms with Crippen LogP contribution in [0.25, 0.3) is 0 Å². The zero-order chi connectivity index (χ0) is 18.3. The summed E-state index contributed by atoms with van der Waals surface area (Å²) < 4.78 is 10.3. The van der Waals surface area contributed by atoms with Crippen LogP contribution in [0.15, 0.2) is 23.3 Å². The number of ether oxygens (including phenoxy) is 2. The van der Waals surface area contributed by atoms with Gasteiger partial charge in [0.1, 0.15) is 11.4 Å². The van der Waals surface area contributed by atoms with Crippen molar-refractivity contribution in [3.8, 4) is 5.75 Å². The third kappa shape index (κ3) is 7.13. The van der Waals surface area contributed by atoms with E-state index in [1.165, 1.54) is 7.11 Å². The number of hydrogen-bond acceptors (Lipinski definition) is 5. The molecule has 1 aromatic rings. The lowest BCUT2D eigenvalue weighted by Gasteiger charge is -2.18. The molecule has 0 atom stereocenters. The first kappa shape index (κ1) is 19.5. The Kier molecular flexibility index (Phi) is 6.76. The summed E-state index contributed by atoms with van der Waals surface area (Å²) in [5, 5.41) is 6.62. The molecule has 132 valence electrons. The second-order valence-electron chi connectivity index (χ2n) is 6.39. The number of anilines is 1. The van der Waals surface area contributed by atoms with Crippen LogP contribution < -0.4 is 15.5 Å². The SMILES string of the molecule is COc1ccc(C)cc1NC(=O)C/C(C)=N/NC(=O)OC(C)(C)C. The number of carbonyl (C=O) groups excluding carboxylic acids is 2. The Labute approximate surface area is 142 Å². The van der Waals surface area contributed by atoms with Crippen LogP contribution in [0, 0.1) is 6.92 Å². The van der Waals surface area contributed by atoms with Gasteiger partial charge in [-0.2, -0.15) is 5.10 Å². The van der Waals surface area contributed by atoms with Crippen molar-refractivity contribution >= 4 is 23.4 Å². The topological polar surface area (TPSA) is 89.0 Å². The van der Waals surface area contributed by atoms with Crippen LogP contribution >= 0.6 is 0 Å². The summed E-state index contributed by atoms with van der Waals surface area (Å²) in [4.78, 5) is 23.6. The molecule has 1 rings (SSSR count). The number of hydrazone groups is 1. The van der Waals surface area contributed by atoms with Crippen LogP contribution in [0.2, 0.25) is 0 Å². The molecule has 0 aliphatic heterocycles. The number of hydrogen-bond donors (Lipinski definition) is 2. The third-order valence-electron chi connectivity index (χ3n) is 2.78. The Hall–Kier alpha value is -2.57. The summed E-state index contributed by atoms with van der Waals surface area (Å²) in [6.45, 7) is 8.83. The van der Waals surface area contributed by atoms with Crippen molar-refractivity contribution in [3.63, 3.8) is 0 Å². The van der Waals surface area contributed by atoms with Gasteiger partial charge < -0.3 is 14.8 Å². The Morgan fingerprint density at radius 1 is 1.25 bits per heavy atom. The predicted octanol–water partition coefficient (Wildman–Crippen LogP) is 3.23. The Bertz CT molecular complexity index is 633. The second-order valence-corrected chi connectivity index (χ2v) is 6.39. The minimum absolute atomic E-state index is 0.0346. The monoisotopic (exact) mass is 335 g/mol. The fourth-order valence-corrected chi connectivity index (χ4v) is 1.83. The van der Waals surface area contributed by atoms with E-state index >= 15 is 0 Å². The molecule has 0 radical (unpaired) electrons. The van der Waals surface area contributed by atoms with E-state index in [0.29, 0.717) is 17.1 Å². The van der Waals surface area contributed by atoms with Gasteiger partial charge >= 0.3 is 6.09 Å². The van der Waals surface area contributed by atoms with Crippen LogP contribution in [-0.2, 0) is 9.53 Å². The highest BCUT2D eigenvalue weighted by atomic mass is 16.6. The standard InChI is InChI=1S/C17H25N3O4/c1-11-7-8-14(23-6)13(9-11)18-15(21)10-12(2)19-20-16(22)24-17(3,4)5/h7-9H,10H2,1-6H3,(H,18,21)(H,20,22)/b19-12+. The lowest BCUT2D eigenvalue weighted by Crippen LogP contribution is -2.30. The van der Waals surface area contributed by atoms with Gasteiger partial charge in [0.25, 0.3) is 0 Å². The maximum atomic E-state index is 12.1. The maximum absolute atomic E-state index is 12.1. The first-order chi connectivity index (χ1) is 11.1. The minimum Gasteiger partial charge on any atom is -0.495 e. The van der Waals surface area contributed by atoms with Gasteiger partial charge in [-0.3, -0.25) is 4.79 Å². The zero-order valence-corrected chi connectivity index (χ0v) is 15.0. The molecular weight excluding hydrogens is 310 g/mol. The number of aryl methyl sites for hydroxylation is 1. The molecule has 0 fully saturated rings. The van der Waals surface area contributed by atoms with Gasteiger partial charge in [-0.15, -0.1) is 0 Å². The van der Waals surface area contributed by atoms with Gasteiger partial charge in [0, 0.05) is 5.71 Å². The zero-order valence-electron chi connectivity index (χ0n) is 15.0. The van der Waals surface area contributed by atoms with Gasteiger partial charge in [0.05, 0.1) is 19.2 Å². The van der Waals surface area contributed by atoms with E-state index in [1.807, 2.05) is 19.1 Å². The number of methoxy groups -OCH3 is 1. The average Bonchev–Trinajstić information content (AvgIpc) is 2.43. The molecule has 7 nitrogen and oxygen atoms in total. The van der Waals surface area contributed by atoms with E-state index in [0.717, 1.165) is 5.56 Å². The highest BCUT2D eigenvalue weighted by Crippen LogP contribution is 2.25. The van der Waals surface area contributed by atoms with Crippen LogP contribution in [0.1, 0.15) is 39.7 Å². The highest BCUT2D eigenvalue weighted by molar-refractivity contribution is 6.06. The van der Waals surface area contributed by atoms with Gasteiger partial charge in [-0.25, -0.2) is 10.2 Å². The molecule has 0 aliphatic rings. The van der Waals surface area contributed by atoms with Crippen molar-refractivity contribution in [2.75, 3.05) is 12.4 Å². The lowest BCUT2D eigenvalue weighted by molar-refractivity contribution is -0.115. The molecule has 0 saturated carbocycles. The molecule has 0 aliphatic carbocycles. The number of benzene rings is 1. The Balaban J connectivity index is 2.60. The van der Waals surface area contributed by atoms with Crippen molar-refractivity contribution in [1.82, 2.24) is 5.43 Å². The largest absolute Gasteiger partial charge is 0.495 e. The fourth-order valence-electron chi connectivity index (χ4n) is 1.83. The van der Waals surface area contributed by atoms with Gasteiger partial charge in [0.2, 0.25) is 5.91 Å². The van der Waals surface area contributed by atoms with Crippen LogP contribution in [0.3, 0.4) is 0 Å². The van der Waals surface area contributed by atoms with Gasteiger partial charge in [-0.05, 0) is 52.3 Å². The summed E-state index contributed by atoms with van der Waals surface area (Å²) in [5.41, 5.74) is 3.70. The summed E-state index contributed by atoms with van der Waals surface area (Å²) >= 11 is 0. The predicted molar refractivity (Wildman–Crippen MR) is 93.5 cm³/mol. The fraction of sp³-hybridized carbons (Fsp3) is 0.471. The quantitative estimate of drug-likeness (QED) is 0.638. The van der Waals surface area contributed by atoms with E-state index in [4.69, 9.17) is 9.47 Å². The van der Waals surface area contributed by atoms with Crippen LogP contribution in [0.4, 0.5) is 10.5 Å². The Morgan fingerprint density at radius 3 is 2.50 bits per heavy atom. The minimum atomic E-state index is -0.664. The van der Waals surface area contributed by atoms with Gasteiger partial charge in [-0.1, -0.05) is 6.07 Å². The summed E-state index contributed by atoms with van der Waals surface area (Å²) in [6, 6.07) is 5.50. The molecule has 0 unspecified atom stereocenters. The number of amides is 2. The number of nitrogens with zero attached hydrogens (tertiary/aromatic N) is 1. The number of carbonyl (C=O) groups is 2. The van der Waals surface area contributed by atoms with Crippen molar-refractivity contribution < 1.29 is 19.1 Å². The first-order valence-corrected chi connectivity index (χ1v) is 7.57. The smallest absolute Gasteiger partial charge is 0.428 e. The van der Waals surface area contributed by atoms with Gasteiger partial charge in [0.15, 0.2) is 0 Å². The van der Waals surface area contributed by atoms with E-state index < -0.39 is 11.7 Å². The van der Waals surface area contributed by atoms with E-state index in [2.05, 4.69) is 15.8 Å². The molecule has 0 spiro atoms. The van der Waals surface area contributed by atoms with E-state index in [1.54, 1.807) is 33.8 Å². The molecule has 0 saturated heterocycles.